The summed E-state index contributed by atoms with van der Waals surface area (Å²) in [5.74, 6) is -0.477. The highest BCUT2D eigenvalue weighted by Crippen LogP contribution is 2.23. The lowest BCUT2D eigenvalue weighted by atomic mass is 9.87. The van der Waals surface area contributed by atoms with Gasteiger partial charge in [0, 0.05) is 5.56 Å². The Morgan fingerprint density at radius 3 is 2.24 bits per heavy atom. The van der Waals surface area contributed by atoms with Gasteiger partial charge in [-0.3, -0.25) is 20.4 Å². The van der Waals surface area contributed by atoms with Gasteiger partial charge in [-0.2, -0.15) is 0 Å². The van der Waals surface area contributed by atoms with E-state index in [0.29, 0.717) is 16.3 Å². The molecule has 0 spiro atoms. The Morgan fingerprint density at radius 2 is 1.64 bits per heavy atom. The van der Waals surface area contributed by atoms with E-state index in [0.717, 1.165) is 5.56 Å². The normalized spacial score (nSPS) is 10.9. The van der Waals surface area contributed by atoms with Gasteiger partial charge in [-0.15, -0.1) is 0 Å². The zero-order chi connectivity index (χ0) is 18.4. The Morgan fingerprint density at radius 1 is 1.00 bits per heavy atom. The molecule has 2 N–H and O–H groups in total. The zero-order valence-corrected chi connectivity index (χ0v) is 15.2. The van der Waals surface area contributed by atoms with Gasteiger partial charge in [-0.05, 0) is 35.2 Å². The number of para-hydroxylation sites is 1. The topological polar surface area (TPSA) is 67.4 Å². The summed E-state index contributed by atoms with van der Waals surface area (Å²) in [6, 6.07) is 14.1. The number of rotatable bonds is 4. The van der Waals surface area contributed by atoms with Crippen molar-refractivity contribution in [2.75, 3.05) is 6.61 Å². The van der Waals surface area contributed by atoms with Crippen LogP contribution in [0, 0.1) is 0 Å². The number of ether oxygens (including phenoxy) is 1. The Kier molecular flexibility index (Phi) is 6.04. The molecule has 0 fully saturated rings. The van der Waals surface area contributed by atoms with Crippen LogP contribution in [0.5, 0.6) is 5.75 Å². The first kappa shape index (κ1) is 18.8. The summed E-state index contributed by atoms with van der Waals surface area (Å²) in [5.41, 5.74) is 6.26. The first-order valence-corrected chi connectivity index (χ1v) is 8.22. The molecule has 2 amide bonds. The molecule has 132 valence electrons. The van der Waals surface area contributed by atoms with E-state index < -0.39 is 11.8 Å². The van der Waals surface area contributed by atoms with E-state index in [9.17, 15) is 9.59 Å². The average molecular weight is 361 g/mol. The first-order valence-electron chi connectivity index (χ1n) is 7.84. The number of hydrogen-bond acceptors (Lipinski definition) is 3. The van der Waals surface area contributed by atoms with E-state index in [2.05, 4.69) is 31.6 Å². The highest BCUT2D eigenvalue weighted by Gasteiger charge is 2.14. The van der Waals surface area contributed by atoms with Crippen LogP contribution in [0.25, 0.3) is 0 Å². The van der Waals surface area contributed by atoms with Crippen LogP contribution in [0.15, 0.2) is 48.5 Å². The molecule has 0 saturated carbocycles. The molecule has 0 atom stereocenters. The summed E-state index contributed by atoms with van der Waals surface area (Å²) >= 11 is 5.93. The minimum absolute atomic E-state index is 0.0132. The molecule has 0 aliphatic heterocycles. The minimum Gasteiger partial charge on any atom is -0.482 e. The van der Waals surface area contributed by atoms with Crippen LogP contribution in [0.2, 0.25) is 5.02 Å². The third-order valence-electron chi connectivity index (χ3n) is 3.52. The van der Waals surface area contributed by atoms with E-state index in [4.69, 9.17) is 16.3 Å². The van der Waals surface area contributed by atoms with E-state index in [1.807, 2.05) is 12.1 Å². The van der Waals surface area contributed by atoms with E-state index >= 15 is 0 Å². The number of benzene rings is 2. The second kappa shape index (κ2) is 8.03. The Balaban J connectivity index is 1.83. The van der Waals surface area contributed by atoms with Gasteiger partial charge >= 0.3 is 0 Å². The smallest absolute Gasteiger partial charge is 0.276 e. The number of hydrogen-bond donors (Lipinski definition) is 2. The molecule has 0 heterocycles. The van der Waals surface area contributed by atoms with Crippen LogP contribution >= 0.6 is 11.6 Å². The van der Waals surface area contributed by atoms with E-state index in [-0.39, 0.29) is 12.0 Å². The summed E-state index contributed by atoms with van der Waals surface area (Å²) in [7, 11) is 0. The summed E-state index contributed by atoms with van der Waals surface area (Å²) in [4.78, 5) is 23.8. The van der Waals surface area contributed by atoms with E-state index in [1.54, 1.807) is 36.4 Å². The molecule has 2 aromatic rings. The van der Waals surface area contributed by atoms with Crippen molar-refractivity contribution in [3.05, 3.63) is 64.7 Å². The number of hydrazine groups is 1. The monoisotopic (exact) mass is 360 g/mol. The molecule has 5 nitrogen and oxygen atoms in total. The highest BCUT2D eigenvalue weighted by molar-refractivity contribution is 6.32. The minimum atomic E-state index is -0.486. The maximum absolute atomic E-state index is 12.1. The molecule has 25 heavy (non-hydrogen) atoms. The predicted molar refractivity (Wildman–Crippen MR) is 97.7 cm³/mol. The molecule has 0 aromatic heterocycles. The van der Waals surface area contributed by atoms with Crippen LogP contribution < -0.4 is 15.6 Å². The van der Waals surface area contributed by atoms with Gasteiger partial charge < -0.3 is 4.74 Å². The fourth-order valence-electron chi connectivity index (χ4n) is 2.06. The van der Waals surface area contributed by atoms with Gasteiger partial charge in [0.2, 0.25) is 0 Å². The van der Waals surface area contributed by atoms with Gasteiger partial charge in [0.15, 0.2) is 6.61 Å². The van der Waals surface area contributed by atoms with Gasteiger partial charge in [0.25, 0.3) is 11.8 Å². The third-order valence-corrected chi connectivity index (χ3v) is 3.84. The van der Waals surface area contributed by atoms with Crippen molar-refractivity contribution >= 4 is 23.4 Å². The molecule has 2 rings (SSSR count). The Hall–Kier alpha value is -2.53. The molecule has 0 aliphatic rings. The molecule has 0 radical (unpaired) electrons. The van der Waals surface area contributed by atoms with Crippen molar-refractivity contribution in [1.29, 1.82) is 0 Å². The SMILES string of the molecule is CC(C)(C)c1ccc(C(=O)NNC(=O)COc2ccccc2Cl)cc1. The zero-order valence-electron chi connectivity index (χ0n) is 14.4. The molecular formula is C19H21ClN2O3. The van der Waals surface area contributed by atoms with Crippen molar-refractivity contribution in [1.82, 2.24) is 10.9 Å². The summed E-state index contributed by atoms with van der Waals surface area (Å²) < 4.78 is 5.29. The van der Waals surface area contributed by atoms with Crippen molar-refractivity contribution in [3.8, 4) is 5.75 Å². The van der Waals surface area contributed by atoms with Crippen LogP contribution in [-0.2, 0) is 10.2 Å². The average Bonchev–Trinajstić information content (AvgIpc) is 2.58. The van der Waals surface area contributed by atoms with Crippen molar-refractivity contribution in [2.45, 2.75) is 26.2 Å². The quantitative estimate of drug-likeness (QED) is 0.820. The molecule has 0 unspecified atom stereocenters. The number of nitrogens with one attached hydrogen (secondary N) is 2. The first-order chi connectivity index (χ1) is 11.8. The molecule has 0 bridgehead atoms. The lowest BCUT2D eigenvalue weighted by molar-refractivity contribution is -0.123. The molecule has 0 aliphatic carbocycles. The molecule has 6 heteroatoms. The van der Waals surface area contributed by atoms with Crippen molar-refractivity contribution in [2.24, 2.45) is 0 Å². The standard InChI is InChI=1S/C19H21ClN2O3/c1-19(2,3)14-10-8-13(9-11-14)18(24)22-21-17(23)12-25-16-7-5-4-6-15(16)20/h4-11H,12H2,1-3H3,(H,21,23)(H,22,24). The number of carbonyl (C=O) groups excluding carboxylic acids is 2. The number of carbonyl (C=O) groups is 2. The lowest BCUT2D eigenvalue weighted by Crippen LogP contribution is -2.43. The van der Waals surface area contributed by atoms with Crippen LogP contribution in [0.1, 0.15) is 36.7 Å². The summed E-state index contributed by atoms with van der Waals surface area (Å²) in [6.45, 7) is 6.04. The molecular weight excluding hydrogens is 340 g/mol. The van der Waals surface area contributed by atoms with E-state index in [1.165, 1.54) is 0 Å². The molecule has 2 aromatic carbocycles. The fraction of sp³-hybridized carbons (Fsp3) is 0.263. The largest absolute Gasteiger partial charge is 0.482 e. The number of halogens is 1. The van der Waals surface area contributed by atoms with Crippen LogP contribution in [-0.4, -0.2) is 18.4 Å². The third kappa shape index (κ3) is 5.50. The predicted octanol–water partition coefficient (Wildman–Crippen LogP) is 3.48. The molecule has 0 saturated heterocycles. The Labute approximate surface area is 152 Å². The maximum atomic E-state index is 12.1. The summed E-state index contributed by atoms with van der Waals surface area (Å²) in [6.07, 6.45) is 0. The van der Waals surface area contributed by atoms with Gasteiger partial charge in [-0.1, -0.05) is 56.6 Å². The second-order valence-electron chi connectivity index (χ2n) is 6.55. The Bertz CT molecular complexity index is 752. The van der Waals surface area contributed by atoms with Crippen LogP contribution in [0.3, 0.4) is 0 Å². The summed E-state index contributed by atoms with van der Waals surface area (Å²) in [5, 5.41) is 0.415. The maximum Gasteiger partial charge on any atom is 0.276 e. The number of amides is 2. The van der Waals surface area contributed by atoms with Crippen LogP contribution in [0.4, 0.5) is 0 Å². The van der Waals surface area contributed by atoms with Gasteiger partial charge in [-0.25, -0.2) is 0 Å². The fourth-order valence-corrected chi connectivity index (χ4v) is 2.25. The van der Waals surface area contributed by atoms with Crippen molar-refractivity contribution in [3.63, 3.8) is 0 Å². The second-order valence-corrected chi connectivity index (χ2v) is 6.96. The lowest BCUT2D eigenvalue weighted by Gasteiger charge is -2.19. The van der Waals surface area contributed by atoms with Crippen molar-refractivity contribution < 1.29 is 14.3 Å². The van der Waals surface area contributed by atoms with Gasteiger partial charge in [0.05, 0.1) is 5.02 Å². The highest BCUT2D eigenvalue weighted by atomic mass is 35.5. The van der Waals surface area contributed by atoms with Gasteiger partial charge in [0.1, 0.15) is 5.75 Å².